The molecular formula is C18H15F3N4O3S. The van der Waals surface area contributed by atoms with Crippen LogP contribution in [-0.4, -0.2) is 28.2 Å². The summed E-state index contributed by atoms with van der Waals surface area (Å²) in [6, 6.07) is 11.1. The van der Waals surface area contributed by atoms with Crippen LogP contribution in [0.2, 0.25) is 0 Å². The topological polar surface area (TPSA) is 117 Å². The molecule has 7 nitrogen and oxygen atoms in total. The van der Waals surface area contributed by atoms with Gasteiger partial charge in [0, 0.05) is 11.4 Å². The summed E-state index contributed by atoms with van der Waals surface area (Å²) in [6.45, 7) is 0. The van der Waals surface area contributed by atoms with Crippen molar-refractivity contribution in [3.05, 3.63) is 53.5 Å². The molecule has 5 N–H and O–H groups in total. The highest BCUT2D eigenvalue weighted by Gasteiger charge is 2.58. The van der Waals surface area contributed by atoms with Gasteiger partial charge in [-0.3, -0.25) is 4.79 Å². The molecule has 3 rings (SSSR count). The Bertz CT molecular complexity index is 1020. The van der Waals surface area contributed by atoms with E-state index in [0.29, 0.717) is 27.2 Å². The lowest BCUT2D eigenvalue weighted by Gasteiger charge is -2.27. The van der Waals surface area contributed by atoms with Gasteiger partial charge in [0.25, 0.3) is 0 Å². The van der Waals surface area contributed by atoms with Crippen LogP contribution in [0, 0.1) is 0 Å². The summed E-state index contributed by atoms with van der Waals surface area (Å²) in [6.07, 6.45) is -6.38. The molecule has 0 saturated carbocycles. The zero-order valence-corrected chi connectivity index (χ0v) is 15.5. The Morgan fingerprint density at radius 1 is 1.03 bits per heavy atom. The molecule has 1 unspecified atom stereocenters. The zero-order chi connectivity index (χ0) is 21.2. The van der Waals surface area contributed by atoms with Crippen LogP contribution in [0.25, 0.3) is 10.2 Å². The fraction of sp³-hybridized carbons (Fsp3) is 0.167. The van der Waals surface area contributed by atoms with E-state index in [4.69, 9.17) is 5.73 Å². The minimum atomic E-state index is -5.12. The van der Waals surface area contributed by atoms with Gasteiger partial charge in [0.05, 0.1) is 16.6 Å². The number of thiazole rings is 1. The summed E-state index contributed by atoms with van der Waals surface area (Å²) in [7, 11) is 0. The van der Waals surface area contributed by atoms with Crippen molar-refractivity contribution in [2.75, 3.05) is 10.6 Å². The molecule has 29 heavy (non-hydrogen) atoms. The molecule has 0 spiro atoms. The molecule has 0 aliphatic rings. The highest BCUT2D eigenvalue weighted by atomic mass is 32.1. The minimum Gasteiger partial charge on any atom is -0.374 e. The highest BCUT2D eigenvalue weighted by molar-refractivity contribution is 7.18. The second kappa shape index (κ2) is 7.68. The van der Waals surface area contributed by atoms with E-state index < -0.39 is 35.1 Å². The number of aliphatic hydroxyl groups is 1. The number of carbonyl (C=O) groups is 2. The number of amides is 3. The predicted octanol–water partition coefficient (Wildman–Crippen LogP) is 3.57. The number of nitrogens with one attached hydrogen (secondary N) is 2. The van der Waals surface area contributed by atoms with E-state index in [1.807, 2.05) is 0 Å². The maximum atomic E-state index is 13.7. The number of aromatic nitrogens is 1. The predicted molar refractivity (Wildman–Crippen MR) is 102 cm³/mol. The average Bonchev–Trinajstić information content (AvgIpc) is 3.06. The second-order valence-corrected chi connectivity index (χ2v) is 7.17. The molecule has 0 bridgehead atoms. The number of alkyl halides is 3. The van der Waals surface area contributed by atoms with Gasteiger partial charge in [-0.15, -0.1) is 11.3 Å². The summed E-state index contributed by atoms with van der Waals surface area (Å²) in [4.78, 5) is 26.9. The smallest absolute Gasteiger partial charge is 0.374 e. The van der Waals surface area contributed by atoms with Crippen molar-refractivity contribution in [2.45, 2.75) is 18.2 Å². The Hall–Kier alpha value is -3.18. The third kappa shape index (κ3) is 4.46. The van der Waals surface area contributed by atoms with Gasteiger partial charge >= 0.3 is 12.2 Å². The fourth-order valence-electron chi connectivity index (χ4n) is 2.56. The molecular weight excluding hydrogens is 409 g/mol. The van der Waals surface area contributed by atoms with Crippen molar-refractivity contribution in [1.82, 2.24) is 4.98 Å². The van der Waals surface area contributed by atoms with Gasteiger partial charge in [-0.25, -0.2) is 9.78 Å². The number of anilines is 2. The standard InChI is InChI=1S/C18H15F3N4O3S/c19-18(20,21)17(28,15-25-12-3-1-2-4-13(12)29-15)9-14(26)23-10-5-7-11(8-6-10)24-16(22)27/h1-8,28H,9H2,(H,23,26)(H3,22,24,27). The number of primary amides is 1. The summed E-state index contributed by atoms with van der Waals surface area (Å²) in [5, 5.41) is 14.4. The number of para-hydroxylation sites is 1. The average molecular weight is 424 g/mol. The first kappa shape index (κ1) is 20.6. The monoisotopic (exact) mass is 424 g/mol. The van der Waals surface area contributed by atoms with Gasteiger partial charge in [-0.2, -0.15) is 13.2 Å². The molecule has 0 aliphatic heterocycles. The lowest BCUT2D eigenvalue weighted by molar-refractivity contribution is -0.266. The van der Waals surface area contributed by atoms with Crippen LogP contribution in [0.15, 0.2) is 48.5 Å². The number of halogens is 3. The largest absolute Gasteiger partial charge is 0.424 e. The third-order valence-corrected chi connectivity index (χ3v) is 5.16. The third-order valence-electron chi connectivity index (χ3n) is 3.97. The summed E-state index contributed by atoms with van der Waals surface area (Å²) < 4.78 is 41.5. The molecule has 0 radical (unpaired) electrons. The van der Waals surface area contributed by atoms with Gasteiger partial charge in [0.15, 0.2) is 0 Å². The second-order valence-electron chi connectivity index (χ2n) is 6.14. The first-order valence-corrected chi connectivity index (χ1v) is 9.02. The molecule has 2 aromatic carbocycles. The van der Waals surface area contributed by atoms with Crippen molar-refractivity contribution in [1.29, 1.82) is 0 Å². The summed E-state index contributed by atoms with van der Waals surface area (Å²) >= 11 is 0.674. The molecule has 1 atom stereocenters. The van der Waals surface area contributed by atoms with Crippen LogP contribution in [0.3, 0.4) is 0 Å². The van der Waals surface area contributed by atoms with E-state index in [2.05, 4.69) is 15.6 Å². The Kier molecular flexibility index (Phi) is 5.44. The van der Waals surface area contributed by atoms with E-state index >= 15 is 0 Å². The van der Waals surface area contributed by atoms with Crippen molar-refractivity contribution >= 4 is 44.9 Å². The lowest BCUT2D eigenvalue weighted by atomic mass is 9.99. The van der Waals surface area contributed by atoms with Gasteiger partial charge in [0.1, 0.15) is 5.01 Å². The number of nitrogens with zero attached hydrogens (tertiary/aromatic N) is 1. The molecule has 0 saturated heterocycles. The number of rotatable bonds is 5. The molecule has 1 aromatic heterocycles. The van der Waals surface area contributed by atoms with Crippen molar-refractivity contribution in [3.8, 4) is 0 Å². The molecule has 11 heteroatoms. The molecule has 3 aromatic rings. The molecule has 152 valence electrons. The number of nitrogens with two attached hydrogens (primary N) is 1. The number of hydrogen-bond donors (Lipinski definition) is 4. The molecule has 0 aliphatic carbocycles. The molecule has 1 heterocycles. The Morgan fingerprint density at radius 3 is 2.17 bits per heavy atom. The van der Waals surface area contributed by atoms with Crippen LogP contribution in [0.1, 0.15) is 11.4 Å². The lowest BCUT2D eigenvalue weighted by Crippen LogP contribution is -2.45. The van der Waals surface area contributed by atoms with E-state index in [1.54, 1.807) is 18.2 Å². The number of carbonyl (C=O) groups excluding carboxylic acids is 2. The van der Waals surface area contributed by atoms with E-state index in [0.717, 1.165) is 0 Å². The quantitative estimate of drug-likeness (QED) is 0.501. The fourth-order valence-corrected chi connectivity index (χ4v) is 3.64. The number of fused-ring (bicyclic) bond motifs is 1. The SMILES string of the molecule is NC(=O)Nc1ccc(NC(=O)CC(O)(c2nc3ccccc3s2)C(F)(F)F)cc1. The van der Waals surface area contributed by atoms with Gasteiger partial charge < -0.3 is 21.5 Å². The van der Waals surface area contributed by atoms with Crippen molar-refractivity contribution < 1.29 is 27.9 Å². The molecule has 3 amide bonds. The number of hydrogen-bond acceptors (Lipinski definition) is 5. The zero-order valence-electron chi connectivity index (χ0n) is 14.7. The van der Waals surface area contributed by atoms with Crippen LogP contribution < -0.4 is 16.4 Å². The first-order valence-electron chi connectivity index (χ1n) is 8.20. The van der Waals surface area contributed by atoms with Gasteiger partial charge in [-0.1, -0.05) is 12.1 Å². The van der Waals surface area contributed by atoms with E-state index in [1.165, 1.54) is 30.3 Å². The van der Waals surface area contributed by atoms with E-state index in [-0.39, 0.29) is 5.69 Å². The van der Waals surface area contributed by atoms with E-state index in [9.17, 15) is 27.9 Å². The van der Waals surface area contributed by atoms with Gasteiger partial charge in [0.2, 0.25) is 11.5 Å². The summed E-state index contributed by atoms with van der Waals surface area (Å²) in [5.74, 6) is -1.06. The van der Waals surface area contributed by atoms with Crippen LogP contribution in [0.5, 0.6) is 0 Å². The number of urea groups is 1. The minimum absolute atomic E-state index is 0.179. The number of benzene rings is 2. The van der Waals surface area contributed by atoms with Crippen LogP contribution in [-0.2, 0) is 10.4 Å². The molecule has 0 fully saturated rings. The van der Waals surface area contributed by atoms with Crippen molar-refractivity contribution in [2.24, 2.45) is 5.73 Å². The Morgan fingerprint density at radius 2 is 1.62 bits per heavy atom. The first-order chi connectivity index (χ1) is 13.6. The van der Waals surface area contributed by atoms with Gasteiger partial charge in [-0.05, 0) is 36.4 Å². The maximum absolute atomic E-state index is 13.7. The maximum Gasteiger partial charge on any atom is 0.424 e. The van der Waals surface area contributed by atoms with Crippen LogP contribution >= 0.6 is 11.3 Å². The normalized spacial score (nSPS) is 13.7. The summed E-state index contributed by atoms with van der Waals surface area (Å²) in [5.41, 5.74) is 2.36. The Labute approximate surface area is 166 Å². The van der Waals surface area contributed by atoms with Crippen LogP contribution in [0.4, 0.5) is 29.3 Å². The highest BCUT2D eigenvalue weighted by Crippen LogP contribution is 2.44. The van der Waals surface area contributed by atoms with Crippen molar-refractivity contribution in [3.63, 3.8) is 0 Å². The Balaban J connectivity index is 1.81.